The first-order chi connectivity index (χ1) is 8.56. The first-order valence-corrected chi connectivity index (χ1v) is 5.94. The number of carbonyl (C=O) groups is 2. The van der Waals surface area contributed by atoms with E-state index >= 15 is 0 Å². The van der Waals surface area contributed by atoms with Crippen LogP contribution in [-0.2, 0) is 9.59 Å². The summed E-state index contributed by atoms with van der Waals surface area (Å²) < 4.78 is 5.65. The van der Waals surface area contributed by atoms with E-state index in [1.165, 1.54) is 6.07 Å². The van der Waals surface area contributed by atoms with Crippen LogP contribution in [0, 0.1) is 0 Å². The highest BCUT2D eigenvalue weighted by Crippen LogP contribution is 2.32. The molecule has 1 amide bonds. The molecule has 0 saturated heterocycles. The molecule has 2 N–H and O–H groups in total. The van der Waals surface area contributed by atoms with Crippen LogP contribution in [0.15, 0.2) is 18.2 Å². The van der Waals surface area contributed by atoms with Crippen molar-refractivity contribution in [3.63, 3.8) is 0 Å². The van der Waals surface area contributed by atoms with Crippen LogP contribution in [0.4, 0.5) is 5.69 Å². The minimum Gasteiger partial charge on any atom is -0.488 e. The molecule has 1 fully saturated rings. The monoisotopic (exact) mass is 269 g/mol. The molecule has 18 heavy (non-hydrogen) atoms. The Morgan fingerprint density at radius 1 is 1.39 bits per heavy atom. The lowest BCUT2D eigenvalue weighted by Crippen LogP contribution is -2.26. The maximum Gasteiger partial charge on any atom is 0.394 e. The Morgan fingerprint density at radius 3 is 2.67 bits per heavy atom. The van der Waals surface area contributed by atoms with E-state index in [0.29, 0.717) is 10.8 Å². The third kappa shape index (κ3) is 2.92. The van der Waals surface area contributed by atoms with E-state index < -0.39 is 11.9 Å². The van der Waals surface area contributed by atoms with Crippen LogP contribution >= 0.6 is 11.6 Å². The molecule has 2 rings (SSSR count). The molecular formula is C12H12ClNO4. The molecule has 0 radical (unpaired) electrons. The summed E-state index contributed by atoms with van der Waals surface area (Å²) in [6, 6.07) is 4.72. The number of rotatable bonds is 3. The van der Waals surface area contributed by atoms with Crippen LogP contribution in [0.25, 0.3) is 0 Å². The van der Waals surface area contributed by atoms with Gasteiger partial charge in [-0.1, -0.05) is 11.6 Å². The second-order valence-electron chi connectivity index (χ2n) is 4.07. The number of hydrogen-bond donors (Lipinski definition) is 2. The topological polar surface area (TPSA) is 75.6 Å². The number of benzene rings is 1. The lowest BCUT2D eigenvalue weighted by molar-refractivity contribution is -0.147. The molecule has 1 aliphatic rings. The van der Waals surface area contributed by atoms with Crippen LogP contribution in [0.1, 0.15) is 19.3 Å². The first-order valence-electron chi connectivity index (χ1n) is 5.57. The summed E-state index contributed by atoms with van der Waals surface area (Å²) in [4.78, 5) is 21.6. The van der Waals surface area contributed by atoms with Crippen molar-refractivity contribution in [3.8, 4) is 5.75 Å². The van der Waals surface area contributed by atoms with Crippen LogP contribution in [-0.4, -0.2) is 23.1 Å². The highest BCUT2D eigenvalue weighted by atomic mass is 35.5. The van der Waals surface area contributed by atoms with Gasteiger partial charge in [-0.05, 0) is 37.5 Å². The van der Waals surface area contributed by atoms with Crippen molar-refractivity contribution in [2.24, 2.45) is 0 Å². The lowest BCUT2D eigenvalue weighted by atomic mass is 9.96. The first kappa shape index (κ1) is 12.7. The van der Waals surface area contributed by atoms with Crippen molar-refractivity contribution in [2.45, 2.75) is 25.4 Å². The third-order valence-electron chi connectivity index (χ3n) is 2.73. The van der Waals surface area contributed by atoms with E-state index in [-0.39, 0.29) is 11.8 Å². The average molecular weight is 270 g/mol. The van der Waals surface area contributed by atoms with E-state index in [9.17, 15) is 9.59 Å². The zero-order valence-corrected chi connectivity index (χ0v) is 10.2. The van der Waals surface area contributed by atoms with Gasteiger partial charge in [0.05, 0.1) is 11.8 Å². The van der Waals surface area contributed by atoms with Gasteiger partial charge in [-0.25, -0.2) is 4.79 Å². The van der Waals surface area contributed by atoms with Gasteiger partial charge >= 0.3 is 11.9 Å². The van der Waals surface area contributed by atoms with Gasteiger partial charge in [0.25, 0.3) is 0 Å². The molecule has 0 heterocycles. The van der Waals surface area contributed by atoms with Gasteiger partial charge in [-0.15, -0.1) is 0 Å². The quantitative estimate of drug-likeness (QED) is 0.826. The molecule has 0 unspecified atom stereocenters. The Bertz CT molecular complexity index is 485. The molecule has 0 spiro atoms. The number of ether oxygens (including phenoxy) is 1. The number of carboxylic acids is 1. The molecule has 0 bridgehead atoms. The Morgan fingerprint density at radius 2 is 2.11 bits per heavy atom. The SMILES string of the molecule is O=C(O)C(=O)Nc1cc(Cl)ccc1OC1CCC1. The minimum atomic E-state index is -1.55. The van der Waals surface area contributed by atoms with Gasteiger partial charge in [0, 0.05) is 5.02 Å². The number of halogens is 1. The number of amides is 1. The maximum absolute atomic E-state index is 11.1. The van der Waals surface area contributed by atoms with E-state index in [2.05, 4.69) is 5.32 Å². The predicted octanol–water partition coefficient (Wildman–Crippen LogP) is 2.29. The molecule has 1 aromatic rings. The Kier molecular flexibility index (Phi) is 3.72. The van der Waals surface area contributed by atoms with Gasteiger partial charge in [-0.3, -0.25) is 4.79 Å². The number of anilines is 1. The standard InChI is InChI=1S/C12H12ClNO4/c13-7-4-5-10(18-8-2-1-3-8)9(6-7)14-11(15)12(16)17/h4-6,8H,1-3H2,(H,14,15)(H,16,17). The average Bonchev–Trinajstić information content (AvgIpc) is 2.25. The lowest BCUT2D eigenvalue weighted by Gasteiger charge is -2.27. The van der Waals surface area contributed by atoms with Crippen molar-refractivity contribution >= 4 is 29.2 Å². The summed E-state index contributed by atoms with van der Waals surface area (Å²) in [5, 5.41) is 11.2. The zero-order chi connectivity index (χ0) is 13.1. The van der Waals surface area contributed by atoms with Gasteiger partial charge in [-0.2, -0.15) is 0 Å². The molecule has 1 aromatic carbocycles. The summed E-state index contributed by atoms with van der Waals surface area (Å²) in [6.07, 6.45) is 3.19. The predicted molar refractivity (Wildman–Crippen MR) is 66.0 cm³/mol. The summed E-state index contributed by atoms with van der Waals surface area (Å²) in [5.41, 5.74) is 0.279. The highest BCUT2D eigenvalue weighted by Gasteiger charge is 2.21. The molecule has 1 saturated carbocycles. The van der Waals surface area contributed by atoms with E-state index in [1.54, 1.807) is 12.1 Å². The van der Waals surface area contributed by atoms with E-state index in [4.69, 9.17) is 21.4 Å². The smallest absolute Gasteiger partial charge is 0.394 e. The second kappa shape index (κ2) is 5.27. The molecule has 96 valence electrons. The van der Waals surface area contributed by atoms with Crippen LogP contribution in [0.2, 0.25) is 5.02 Å². The number of aliphatic carboxylic acids is 1. The van der Waals surface area contributed by atoms with Crippen molar-refractivity contribution < 1.29 is 19.4 Å². The second-order valence-corrected chi connectivity index (χ2v) is 4.51. The van der Waals surface area contributed by atoms with E-state index in [1.807, 2.05) is 0 Å². The number of carboxylic acid groups (broad SMARTS) is 1. The van der Waals surface area contributed by atoms with Crippen molar-refractivity contribution in [2.75, 3.05) is 5.32 Å². The van der Waals surface area contributed by atoms with Crippen LogP contribution < -0.4 is 10.1 Å². The zero-order valence-electron chi connectivity index (χ0n) is 9.48. The minimum absolute atomic E-state index is 0.131. The van der Waals surface area contributed by atoms with Crippen molar-refractivity contribution in [1.82, 2.24) is 0 Å². The molecule has 0 aliphatic heterocycles. The summed E-state index contributed by atoms with van der Waals surface area (Å²) in [7, 11) is 0. The maximum atomic E-state index is 11.1. The largest absolute Gasteiger partial charge is 0.488 e. The Balaban J connectivity index is 2.16. The Hall–Kier alpha value is -1.75. The fourth-order valence-electron chi connectivity index (χ4n) is 1.55. The normalized spacial score (nSPS) is 14.7. The van der Waals surface area contributed by atoms with Crippen molar-refractivity contribution in [3.05, 3.63) is 23.2 Å². The fourth-order valence-corrected chi connectivity index (χ4v) is 1.72. The summed E-state index contributed by atoms with van der Waals surface area (Å²) in [5.74, 6) is -2.22. The molecular weight excluding hydrogens is 258 g/mol. The molecule has 0 atom stereocenters. The van der Waals surface area contributed by atoms with Gasteiger partial charge in [0.15, 0.2) is 0 Å². The summed E-state index contributed by atoms with van der Waals surface area (Å²) >= 11 is 5.81. The molecule has 0 aromatic heterocycles. The number of nitrogens with one attached hydrogen (secondary N) is 1. The Labute approximate surface area is 109 Å². The molecule has 6 heteroatoms. The summed E-state index contributed by atoms with van der Waals surface area (Å²) in [6.45, 7) is 0. The van der Waals surface area contributed by atoms with Gasteiger partial charge < -0.3 is 15.2 Å². The molecule has 5 nitrogen and oxygen atoms in total. The van der Waals surface area contributed by atoms with Crippen molar-refractivity contribution in [1.29, 1.82) is 0 Å². The number of hydrogen-bond acceptors (Lipinski definition) is 3. The fraction of sp³-hybridized carbons (Fsp3) is 0.333. The highest BCUT2D eigenvalue weighted by molar-refractivity contribution is 6.37. The van der Waals surface area contributed by atoms with Crippen LogP contribution in [0.3, 0.4) is 0 Å². The molecule has 1 aliphatic carbocycles. The van der Waals surface area contributed by atoms with Gasteiger partial charge in [0.2, 0.25) is 0 Å². The van der Waals surface area contributed by atoms with Gasteiger partial charge in [0.1, 0.15) is 5.75 Å². The van der Waals surface area contributed by atoms with Crippen LogP contribution in [0.5, 0.6) is 5.75 Å². The number of carbonyl (C=O) groups excluding carboxylic acids is 1. The van der Waals surface area contributed by atoms with E-state index in [0.717, 1.165) is 19.3 Å². The third-order valence-corrected chi connectivity index (χ3v) is 2.96.